The summed E-state index contributed by atoms with van der Waals surface area (Å²) in [5.74, 6) is 1.65. The number of aryl methyl sites for hydroxylation is 1. The maximum Gasteiger partial charge on any atom is 0.262 e. The maximum atomic E-state index is 8.98. The van der Waals surface area contributed by atoms with Crippen LogP contribution in [-0.4, -0.2) is 19.7 Å². The highest BCUT2D eigenvalue weighted by molar-refractivity contribution is 5.65. The second kappa shape index (κ2) is 11.2. The van der Waals surface area contributed by atoms with E-state index in [2.05, 4.69) is 47.0 Å². The van der Waals surface area contributed by atoms with Gasteiger partial charge in [-0.25, -0.2) is 10.1 Å². The molecule has 0 bridgehead atoms. The van der Waals surface area contributed by atoms with E-state index in [0.29, 0.717) is 6.61 Å². The SMILES string of the molecule is [C-]#[N+]C(C#N)=Cc1ccc(N(CC)CCOc2ccc(C3CCCCC3)cc2)cc1C. The molecule has 0 amide bonds. The second-order valence-electron chi connectivity index (χ2n) is 8.13. The second-order valence-corrected chi connectivity index (χ2v) is 8.13. The zero-order valence-electron chi connectivity index (χ0n) is 18.6. The third-order valence-corrected chi connectivity index (χ3v) is 6.11. The van der Waals surface area contributed by atoms with Gasteiger partial charge in [0.2, 0.25) is 0 Å². The zero-order chi connectivity index (χ0) is 22.1. The molecule has 1 saturated carbocycles. The van der Waals surface area contributed by atoms with E-state index in [4.69, 9.17) is 16.6 Å². The molecule has 0 atom stereocenters. The Bertz CT molecular complexity index is 957. The molecule has 160 valence electrons. The summed E-state index contributed by atoms with van der Waals surface area (Å²) in [6, 6.07) is 16.7. The molecule has 1 aliphatic carbocycles. The Kier molecular flexibility index (Phi) is 8.13. The summed E-state index contributed by atoms with van der Waals surface area (Å²) in [7, 11) is 0. The Morgan fingerprint density at radius 1 is 1.19 bits per heavy atom. The van der Waals surface area contributed by atoms with Gasteiger partial charge >= 0.3 is 0 Å². The average molecular weight is 414 g/mol. The molecular formula is C27H31N3O. The van der Waals surface area contributed by atoms with E-state index in [9.17, 15) is 0 Å². The minimum Gasteiger partial charge on any atom is -0.492 e. The monoisotopic (exact) mass is 413 g/mol. The van der Waals surface area contributed by atoms with Crippen LogP contribution in [0.15, 0.2) is 48.2 Å². The van der Waals surface area contributed by atoms with Gasteiger partial charge < -0.3 is 9.64 Å². The van der Waals surface area contributed by atoms with Crippen LogP contribution in [0.25, 0.3) is 10.9 Å². The third-order valence-electron chi connectivity index (χ3n) is 6.11. The van der Waals surface area contributed by atoms with Gasteiger partial charge in [-0.05, 0) is 79.6 Å². The highest BCUT2D eigenvalue weighted by atomic mass is 16.5. The van der Waals surface area contributed by atoms with Crippen molar-refractivity contribution in [3.05, 3.63) is 76.3 Å². The van der Waals surface area contributed by atoms with Crippen LogP contribution in [0.4, 0.5) is 5.69 Å². The van der Waals surface area contributed by atoms with E-state index >= 15 is 0 Å². The molecule has 31 heavy (non-hydrogen) atoms. The number of hydrogen-bond acceptors (Lipinski definition) is 3. The van der Waals surface area contributed by atoms with E-state index in [1.807, 2.05) is 25.1 Å². The summed E-state index contributed by atoms with van der Waals surface area (Å²) < 4.78 is 6.02. The summed E-state index contributed by atoms with van der Waals surface area (Å²) in [5, 5.41) is 8.98. The van der Waals surface area contributed by atoms with Gasteiger partial charge in [0.05, 0.1) is 19.2 Å². The molecule has 0 N–H and O–H groups in total. The zero-order valence-corrected chi connectivity index (χ0v) is 18.6. The first kappa shape index (κ1) is 22.4. The number of benzene rings is 2. The number of nitriles is 1. The number of ether oxygens (including phenoxy) is 1. The molecule has 2 aromatic rings. The third kappa shape index (κ3) is 6.12. The first-order valence-electron chi connectivity index (χ1n) is 11.2. The predicted octanol–water partition coefficient (Wildman–Crippen LogP) is 6.73. The van der Waals surface area contributed by atoms with Crippen LogP contribution in [0.3, 0.4) is 0 Å². The first-order chi connectivity index (χ1) is 15.1. The van der Waals surface area contributed by atoms with Gasteiger partial charge in [0, 0.05) is 12.2 Å². The fourth-order valence-electron chi connectivity index (χ4n) is 4.27. The fraction of sp³-hybridized carbons (Fsp3) is 0.407. The van der Waals surface area contributed by atoms with E-state index in [0.717, 1.165) is 41.6 Å². The van der Waals surface area contributed by atoms with Crippen LogP contribution >= 0.6 is 0 Å². The molecule has 4 heteroatoms. The number of rotatable bonds is 8. The smallest absolute Gasteiger partial charge is 0.262 e. The lowest BCUT2D eigenvalue weighted by Crippen LogP contribution is -2.28. The Morgan fingerprint density at radius 2 is 1.94 bits per heavy atom. The summed E-state index contributed by atoms with van der Waals surface area (Å²) in [6.07, 6.45) is 8.36. The normalized spacial score (nSPS) is 14.5. The molecule has 2 aromatic carbocycles. The van der Waals surface area contributed by atoms with Crippen LogP contribution in [0.1, 0.15) is 61.6 Å². The lowest BCUT2D eigenvalue weighted by Gasteiger charge is -2.24. The number of hydrogen-bond donors (Lipinski definition) is 0. The molecule has 0 heterocycles. The molecule has 3 rings (SSSR count). The quantitative estimate of drug-likeness (QED) is 0.356. The van der Waals surface area contributed by atoms with Gasteiger partial charge in [0.25, 0.3) is 5.70 Å². The molecule has 0 aromatic heterocycles. The number of likely N-dealkylation sites (N-methyl/N-ethyl adjacent to an activating group) is 1. The number of anilines is 1. The molecule has 4 nitrogen and oxygen atoms in total. The van der Waals surface area contributed by atoms with Crippen molar-refractivity contribution >= 4 is 11.8 Å². The molecule has 1 fully saturated rings. The van der Waals surface area contributed by atoms with Crippen LogP contribution in [0.5, 0.6) is 5.75 Å². The molecular weight excluding hydrogens is 382 g/mol. The Labute approximate surface area is 186 Å². The Hall–Kier alpha value is -3.24. The predicted molar refractivity (Wildman–Crippen MR) is 127 cm³/mol. The average Bonchev–Trinajstić information content (AvgIpc) is 2.82. The standard InChI is InChI=1S/C27H31N3O/c1-4-30(26-13-10-24(21(2)18-26)19-25(20-28)29-3)16-17-31-27-14-11-23(12-15-27)22-8-6-5-7-9-22/h10-15,18-19,22H,4-9,16-17H2,1-2H3. The van der Waals surface area contributed by atoms with Crippen LogP contribution < -0.4 is 9.64 Å². The summed E-state index contributed by atoms with van der Waals surface area (Å²) in [6.45, 7) is 13.5. The van der Waals surface area contributed by atoms with E-state index in [1.54, 1.807) is 6.08 Å². The van der Waals surface area contributed by atoms with Gasteiger partial charge in [-0.2, -0.15) is 0 Å². The molecule has 0 saturated heterocycles. The summed E-state index contributed by atoms with van der Waals surface area (Å²) >= 11 is 0. The summed E-state index contributed by atoms with van der Waals surface area (Å²) in [5.41, 5.74) is 4.62. The van der Waals surface area contributed by atoms with E-state index < -0.39 is 0 Å². The lowest BCUT2D eigenvalue weighted by molar-refractivity contribution is 0.324. The fourth-order valence-corrected chi connectivity index (χ4v) is 4.27. The van der Waals surface area contributed by atoms with Crippen LogP contribution in [-0.2, 0) is 0 Å². The van der Waals surface area contributed by atoms with Gasteiger partial charge in [0.15, 0.2) is 0 Å². The minimum atomic E-state index is 0.103. The Balaban J connectivity index is 1.57. The topological polar surface area (TPSA) is 40.6 Å². The highest BCUT2D eigenvalue weighted by Gasteiger charge is 2.15. The van der Waals surface area contributed by atoms with Crippen LogP contribution in [0, 0.1) is 24.8 Å². The van der Waals surface area contributed by atoms with E-state index in [-0.39, 0.29) is 5.70 Å². The van der Waals surface area contributed by atoms with Crippen molar-refractivity contribution in [2.24, 2.45) is 0 Å². The Morgan fingerprint density at radius 3 is 2.55 bits per heavy atom. The molecule has 0 radical (unpaired) electrons. The van der Waals surface area contributed by atoms with Crippen molar-refractivity contribution < 1.29 is 4.74 Å². The van der Waals surface area contributed by atoms with Crippen molar-refractivity contribution in [3.8, 4) is 11.8 Å². The lowest BCUT2D eigenvalue weighted by atomic mass is 9.84. The maximum absolute atomic E-state index is 8.98. The van der Waals surface area contributed by atoms with Crippen molar-refractivity contribution in [1.29, 1.82) is 5.26 Å². The number of allylic oxidation sites excluding steroid dienone is 1. The molecule has 0 unspecified atom stereocenters. The van der Waals surface area contributed by atoms with Gasteiger partial charge in [0.1, 0.15) is 12.4 Å². The largest absolute Gasteiger partial charge is 0.492 e. The highest BCUT2D eigenvalue weighted by Crippen LogP contribution is 2.33. The summed E-state index contributed by atoms with van der Waals surface area (Å²) in [4.78, 5) is 5.52. The molecule has 0 aliphatic heterocycles. The molecule has 1 aliphatic rings. The van der Waals surface area contributed by atoms with Gasteiger partial charge in [-0.1, -0.05) is 37.5 Å². The molecule has 0 spiro atoms. The van der Waals surface area contributed by atoms with Crippen molar-refractivity contribution in [2.45, 2.75) is 51.9 Å². The number of nitrogens with zero attached hydrogens (tertiary/aromatic N) is 3. The van der Waals surface area contributed by atoms with Gasteiger partial charge in [-0.15, -0.1) is 0 Å². The van der Waals surface area contributed by atoms with Crippen molar-refractivity contribution in [2.75, 3.05) is 24.6 Å². The van der Waals surface area contributed by atoms with E-state index in [1.165, 1.54) is 37.7 Å². The first-order valence-corrected chi connectivity index (χ1v) is 11.2. The minimum absolute atomic E-state index is 0.103. The van der Waals surface area contributed by atoms with Crippen molar-refractivity contribution in [1.82, 2.24) is 0 Å². The van der Waals surface area contributed by atoms with Crippen LogP contribution in [0.2, 0.25) is 0 Å². The van der Waals surface area contributed by atoms with Crippen molar-refractivity contribution in [3.63, 3.8) is 0 Å². The van der Waals surface area contributed by atoms with Gasteiger partial charge in [-0.3, -0.25) is 0 Å².